The molecule has 0 radical (unpaired) electrons. The van der Waals surface area contributed by atoms with E-state index in [2.05, 4.69) is 22.4 Å². The van der Waals surface area contributed by atoms with Crippen molar-refractivity contribution < 1.29 is 4.42 Å². The van der Waals surface area contributed by atoms with Crippen LogP contribution in [0.4, 0.5) is 0 Å². The summed E-state index contributed by atoms with van der Waals surface area (Å²) < 4.78 is 5.62. The zero-order valence-corrected chi connectivity index (χ0v) is 13.9. The Labute approximate surface area is 139 Å². The summed E-state index contributed by atoms with van der Waals surface area (Å²) >= 11 is 7.54. The number of thiazole rings is 1. The number of rotatable bonds is 6. The lowest BCUT2D eigenvalue weighted by Gasteiger charge is -2.03. The van der Waals surface area contributed by atoms with Gasteiger partial charge in [0.25, 0.3) is 0 Å². The predicted octanol–water partition coefficient (Wildman–Crippen LogP) is 4.70. The third-order valence-electron chi connectivity index (χ3n) is 3.32. The lowest BCUT2D eigenvalue weighted by atomic mass is 10.1. The minimum Gasteiger partial charge on any atom is -0.460 e. The Morgan fingerprint density at radius 2 is 2.00 bits per heavy atom. The molecule has 2 heterocycles. The number of aromatic nitrogens is 1. The van der Waals surface area contributed by atoms with Gasteiger partial charge in [-0.05, 0) is 49.7 Å². The number of benzene rings is 1. The van der Waals surface area contributed by atoms with Crippen LogP contribution in [0.3, 0.4) is 0 Å². The number of hydrogen-bond donors (Lipinski definition) is 1. The molecule has 5 heteroatoms. The van der Waals surface area contributed by atoms with E-state index < -0.39 is 0 Å². The summed E-state index contributed by atoms with van der Waals surface area (Å²) in [6.07, 6.45) is 2.85. The zero-order valence-electron chi connectivity index (χ0n) is 12.3. The fourth-order valence-electron chi connectivity index (χ4n) is 2.15. The van der Waals surface area contributed by atoms with E-state index in [0.29, 0.717) is 0 Å². The Morgan fingerprint density at radius 1 is 1.18 bits per heavy atom. The number of halogens is 1. The van der Waals surface area contributed by atoms with Gasteiger partial charge in [-0.25, -0.2) is 4.98 Å². The summed E-state index contributed by atoms with van der Waals surface area (Å²) in [5, 5.41) is 5.27. The second kappa shape index (κ2) is 7.09. The van der Waals surface area contributed by atoms with Gasteiger partial charge in [-0.3, -0.25) is 0 Å². The highest BCUT2D eigenvalue weighted by Crippen LogP contribution is 2.27. The molecule has 114 valence electrons. The van der Waals surface area contributed by atoms with Crippen molar-refractivity contribution in [3.8, 4) is 10.6 Å². The predicted molar refractivity (Wildman–Crippen MR) is 91.4 cm³/mol. The average Bonchev–Trinajstić information content (AvgIpc) is 3.14. The van der Waals surface area contributed by atoms with E-state index in [1.165, 1.54) is 5.56 Å². The molecule has 0 atom stereocenters. The summed E-state index contributed by atoms with van der Waals surface area (Å²) in [6, 6.07) is 11.9. The van der Waals surface area contributed by atoms with Gasteiger partial charge in [-0.2, -0.15) is 0 Å². The van der Waals surface area contributed by atoms with Crippen molar-refractivity contribution in [3.63, 3.8) is 0 Å². The van der Waals surface area contributed by atoms with Gasteiger partial charge in [0.05, 0.1) is 4.88 Å². The van der Waals surface area contributed by atoms with Gasteiger partial charge in [-0.15, -0.1) is 11.3 Å². The van der Waals surface area contributed by atoms with Crippen LogP contribution >= 0.6 is 22.9 Å². The Bertz CT molecular complexity index is 733. The molecule has 0 unspecified atom stereocenters. The molecule has 0 saturated heterocycles. The van der Waals surface area contributed by atoms with E-state index >= 15 is 0 Å². The van der Waals surface area contributed by atoms with Crippen LogP contribution in [-0.4, -0.2) is 11.5 Å². The molecule has 1 N–H and O–H groups in total. The van der Waals surface area contributed by atoms with Crippen LogP contribution in [-0.2, 0) is 13.0 Å². The molecule has 3 nitrogen and oxygen atoms in total. The highest BCUT2D eigenvalue weighted by atomic mass is 35.5. The highest BCUT2D eigenvalue weighted by Gasteiger charge is 2.07. The largest absolute Gasteiger partial charge is 0.460 e. The quantitative estimate of drug-likeness (QED) is 0.665. The maximum absolute atomic E-state index is 5.88. The number of furan rings is 1. The molecule has 0 bridgehead atoms. The first-order chi connectivity index (χ1) is 10.7. The molecule has 0 aliphatic rings. The summed E-state index contributed by atoms with van der Waals surface area (Å²) in [4.78, 5) is 5.51. The number of aryl methyl sites for hydroxylation is 1. The van der Waals surface area contributed by atoms with Crippen molar-refractivity contribution in [2.24, 2.45) is 0 Å². The van der Waals surface area contributed by atoms with Crippen LogP contribution < -0.4 is 5.32 Å². The summed E-state index contributed by atoms with van der Waals surface area (Å²) in [6.45, 7) is 3.64. The fraction of sp³-hybridized carbons (Fsp3) is 0.235. The number of hydrogen-bond acceptors (Lipinski definition) is 4. The third kappa shape index (κ3) is 3.97. The molecular formula is C17H17ClN2OS. The maximum atomic E-state index is 5.88. The SMILES string of the molecule is Cc1ccc(-c2cnc(CNCCc3ccc(Cl)cc3)s2)o1. The van der Waals surface area contributed by atoms with Gasteiger partial charge < -0.3 is 9.73 Å². The Morgan fingerprint density at radius 3 is 2.73 bits per heavy atom. The van der Waals surface area contributed by atoms with E-state index in [4.69, 9.17) is 16.0 Å². The van der Waals surface area contributed by atoms with Crippen LogP contribution in [0.2, 0.25) is 5.02 Å². The van der Waals surface area contributed by atoms with E-state index in [-0.39, 0.29) is 0 Å². The molecular weight excluding hydrogens is 316 g/mol. The van der Waals surface area contributed by atoms with Crippen molar-refractivity contribution in [2.45, 2.75) is 19.9 Å². The van der Waals surface area contributed by atoms with Crippen molar-refractivity contribution in [1.29, 1.82) is 0 Å². The second-order valence-electron chi connectivity index (χ2n) is 5.08. The van der Waals surface area contributed by atoms with Gasteiger partial charge in [0.2, 0.25) is 0 Å². The summed E-state index contributed by atoms with van der Waals surface area (Å²) in [7, 11) is 0. The minimum atomic E-state index is 0.776. The van der Waals surface area contributed by atoms with Crippen LogP contribution in [0.15, 0.2) is 47.0 Å². The topological polar surface area (TPSA) is 38.1 Å². The van der Waals surface area contributed by atoms with E-state index in [0.717, 1.165) is 45.9 Å². The monoisotopic (exact) mass is 332 g/mol. The number of nitrogens with one attached hydrogen (secondary N) is 1. The molecule has 1 aromatic carbocycles. The van der Waals surface area contributed by atoms with E-state index in [1.54, 1.807) is 11.3 Å². The van der Waals surface area contributed by atoms with Gasteiger partial charge >= 0.3 is 0 Å². The highest BCUT2D eigenvalue weighted by molar-refractivity contribution is 7.15. The molecule has 0 spiro atoms. The first-order valence-electron chi connectivity index (χ1n) is 7.17. The third-order valence-corrected chi connectivity index (χ3v) is 4.58. The van der Waals surface area contributed by atoms with Crippen molar-refractivity contribution in [1.82, 2.24) is 10.3 Å². The molecule has 3 aromatic rings. The van der Waals surface area contributed by atoms with Gasteiger partial charge in [0, 0.05) is 17.8 Å². The average molecular weight is 333 g/mol. The second-order valence-corrected chi connectivity index (χ2v) is 6.63. The molecule has 0 fully saturated rings. The van der Waals surface area contributed by atoms with E-state index in [9.17, 15) is 0 Å². The molecule has 3 rings (SSSR count). The van der Waals surface area contributed by atoms with Crippen LogP contribution in [0, 0.1) is 6.92 Å². The van der Waals surface area contributed by atoms with Crippen LogP contribution in [0.5, 0.6) is 0 Å². The molecule has 0 aliphatic carbocycles. The maximum Gasteiger partial charge on any atom is 0.145 e. The molecule has 2 aromatic heterocycles. The Kier molecular flexibility index (Phi) is 4.93. The Balaban J connectivity index is 1.48. The smallest absolute Gasteiger partial charge is 0.145 e. The molecule has 0 amide bonds. The van der Waals surface area contributed by atoms with E-state index in [1.807, 2.05) is 37.4 Å². The van der Waals surface area contributed by atoms with Crippen LogP contribution in [0.25, 0.3) is 10.6 Å². The Hall–Kier alpha value is -1.62. The molecule has 0 aliphatic heterocycles. The van der Waals surface area contributed by atoms with Crippen molar-refractivity contribution >= 4 is 22.9 Å². The van der Waals surface area contributed by atoms with Gasteiger partial charge in [-0.1, -0.05) is 23.7 Å². The lowest BCUT2D eigenvalue weighted by molar-refractivity contribution is 0.549. The van der Waals surface area contributed by atoms with Crippen LogP contribution in [0.1, 0.15) is 16.3 Å². The fourth-order valence-corrected chi connectivity index (χ4v) is 3.13. The van der Waals surface area contributed by atoms with Crippen molar-refractivity contribution in [2.75, 3.05) is 6.54 Å². The van der Waals surface area contributed by atoms with Crippen molar-refractivity contribution in [3.05, 3.63) is 63.9 Å². The summed E-state index contributed by atoms with van der Waals surface area (Å²) in [5.74, 6) is 1.81. The number of nitrogens with zero attached hydrogens (tertiary/aromatic N) is 1. The lowest BCUT2D eigenvalue weighted by Crippen LogP contribution is -2.16. The summed E-state index contributed by atoms with van der Waals surface area (Å²) in [5.41, 5.74) is 1.28. The first-order valence-corrected chi connectivity index (χ1v) is 8.37. The standard InChI is InChI=1S/C17H17ClN2OS/c1-12-2-7-15(21-12)16-10-20-17(22-16)11-19-9-8-13-3-5-14(18)6-4-13/h2-7,10,19H,8-9,11H2,1H3. The molecule has 22 heavy (non-hydrogen) atoms. The normalized spacial score (nSPS) is 11.0. The zero-order chi connectivity index (χ0) is 15.4. The minimum absolute atomic E-state index is 0.776. The van der Waals surface area contributed by atoms with Gasteiger partial charge in [0.15, 0.2) is 0 Å². The first kappa shape index (κ1) is 15.3. The molecule has 0 saturated carbocycles. The van der Waals surface area contributed by atoms with Gasteiger partial charge in [0.1, 0.15) is 16.5 Å².